The molecular weight excluding hydrogens is 264 g/mol. The Morgan fingerprint density at radius 3 is 1.20 bits per heavy atom. The summed E-state index contributed by atoms with van der Waals surface area (Å²) < 4.78 is 1.69. The summed E-state index contributed by atoms with van der Waals surface area (Å²) in [7, 11) is 12.3. The summed E-state index contributed by atoms with van der Waals surface area (Å²) in [5.74, 6) is -1.23. The summed E-state index contributed by atoms with van der Waals surface area (Å²) in [5.41, 5.74) is 0. The van der Waals surface area contributed by atoms with Crippen LogP contribution >= 0.6 is 0 Å². The quantitative estimate of drug-likeness (QED) is 0.455. The molecule has 0 aliphatic carbocycles. The fraction of sp³-hybridized carbons (Fsp3) is 0.769. The van der Waals surface area contributed by atoms with Crippen LogP contribution in [-0.2, 0) is 4.79 Å². The minimum absolute atomic E-state index is 0. The maximum absolute atomic E-state index is 9.14. The lowest BCUT2D eigenvalue weighted by Gasteiger charge is -2.21. The number of carboxylic acid groups (broad SMARTS) is 1. The molecule has 0 aromatic heterocycles. The van der Waals surface area contributed by atoms with Crippen molar-refractivity contribution < 1.29 is 34.6 Å². The molecule has 0 radical (unpaired) electrons. The maximum atomic E-state index is 9.14. The minimum Gasteiger partial charge on any atom is -0.870 e. The van der Waals surface area contributed by atoms with Crippen molar-refractivity contribution in [2.24, 2.45) is 0 Å². The Balaban J connectivity index is -0.0000000952. The molecule has 0 aromatic rings. The minimum atomic E-state index is -1.23. The van der Waals surface area contributed by atoms with Crippen LogP contribution < -0.4 is 5.11 Å². The molecule has 20 heavy (non-hydrogen) atoms. The molecule has 0 aliphatic rings. The lowest BCUT2D eigenvalue weighted by atomic mass is 10.5. The van der Waals surface area contributed by atoms with Crippen molar-refractivity contribution in [3.8, 4) is 0 Å². The van der Waals surface area contributed by atoms with E-state index >= 15 is 0 Å². The first-order valence-electron chi connectivity index (χ1n) is 6.05. The second kappa shape index (κ2) is 14.4. The number of quaternary nitrogens is 2. The highest BCUT2D eigenvalue weighted by Gasteiger charge is 2.02. The molecule has 0 saturated heterocycles. The number of hydrogen-bond acceptors (Lipinski definition) is 5. The molecule has 0 saturated carbocycles. The van der Waals surface area contributed by atoms with E-state index in [1.165, 1.54) is 0 Å². The number of carbonyl (C=O) groups is 1. The van der Waals surface area contributed by atoms with Crippen molar-refractivity contribution in [3.05, 3.63) is 12.7 Å². The van der Waals surface area contributed by atoms with Crippen LogP contribution in [0.25, 0.3) is 0 Å². The van der Waals surface area contributed by atoms with Crippen molar-refractivity contribution in [1.29, 1.82) is 0 Å². The largest absolute Gasteiger partial charge is 0.870 e. The number of nitrogens with zero attached hydrogens (tertiary/aromatic N) is 2. The van der Waals surface area contributed by atoms with E-state index in [9.17, 15) is 0 Å². The second-order valence-corrected chi connectivity index (χ2v) is 6.00. The maximum Gasteiger partial charge on any atom is 0.101 e. The first-order valence-corrected chi connectivity index (χ1v) is 6.05. The van der Waals surface area contributed by atoms with Crippen molar-refractivity contribution >= 4 is 5.97 Å². The van der Waals surface area contributed by atoms with E-state index in [1.807, 2.05) is 0 Å². The van der Waals surface area contributed by atoms with Gasteiger partial charge < -0.3 is 34.6 Å². The lowest BCUT2D eigenvalue weighted by Crippen LogP contribution is -2.36. The third-order valence-corrected chi connectivity index (χ3v) is 1.71. The van der Waals surface area contributed by atoms with E-state index in [-0.39, 0.29) is 18.7 Å². The number of rotatable bonds is 5. The van der Waals surface area contributed by atoms with E-state index < -0.39 is 5.97 Å². The number of carboxylic acids is 1. The molecule has 124 valence electrons. The molecule has 0 fully saturated rings. The summed E-state index contributed by atoms with van der Waals surface area (Å²) in [6.45, 7) is 5.13. The van der Waals surface area contributed by atoms with Crippen LogP contribution in [0.4, 0.5) is 0 Å². The highest BCUT2D eigenvalue weighted by molar-refractivity contribution is 5.76. The molecule has 3 N–H and O–H groups in total. The smallest absolute Gasteiger partial charge is 0.101 e. The molecule has 0 atom stereocenters. The summed E-state index contributed by atoms with van der Waals surface area (Å²) in [4.78, 5) is 9.14. The van der Waals surface area contributed by atoms with E-state index in [2.05, 4.69) is 48.9 Å². The van der Waals surface area contributed by atoms with Crippen molar-refractivity contribution in [3.63, 3.8) is 0 Å². The van der Waals surface area contributed by atoms with Gasteiger partial charge in [0, 0.05) is 0 Å². The van der Waals surface area contributed by atoms with Gasteiger partial charge >= 0.3 is 0 Å². The summed E-state index contributed by atoms with van der Waals surface area (Å²) >= 11 is 0. The first kappa shape index (κ1) is 27.4. The van der Waals surface area contributed by atoms with Crippen molar-refractivity contribution in [2.45, 2.75) is 0 Å². The van der Waals surface area contributed by atoms with E-state index in [1.54, 1.807) is 0 Å². The Morgan fingerprint density at radius 2 is 1.20 bits per heavy atom. The third kappa shape index (κ3) is 53.7. The molecule has 0 rings (SSSR count). The molecule has 0 heterocycles. The average molecular weight is 296 g/mol. The number of hydrogen-bond donors (Lipinski definition) is 2. The molecular formula is C13H32N2O5. The third-order valence-electron chi connectivity index (χ3n) is 1.71. The number of aliphatic carboxylic acids is 1. The van der Waals surface area contributed by atoms with Gasteiger partial charge in [0.2, 0.25) is 0 Å². The van der Waals surface area contributed by atoms with Crippen LogP contribution in [0.2, 0.25) is 0 Å². The van der Waals surface area contributed by atoms with Gasteiger partial charge in [0.1, 0.15) is 13.1 Å². The monoisotopic (exact) mass is 296 g/mol. The Labute approximate surface area is 122 Å². The van der Waals surface area contributed by atoms with E-state index in [0.29, 0.717) is 0 Å². The van der Waals surface area contributed by atoms with Crippen LogP contribution in [0, 0.1) is 0 Å². The SMILES string of the molecule is C=CC(=O)[O-].C[N+](C)(C)CCO.C[N+](C)(C)CCO.[OH-]. The van der Waals surface area contributed by atoms with Gasteiger partial charge in [-0.25, -0.2) is 0 Å². The highest BCUT2D eigenvalue weighted by atomic mass is 16.4. The predicted molar refractivity (Wildman–Crippen MR) is 77.1 cm³/mol. The lowest BCUT2D eigenvalue weighted by molar-refractivity contribution is -0.870. The fourth-order valence-electron chi connectivity index (χ4n) is 0.600. The zero-order valence-electron chi connectivity index (χ0n) is 13.7. The zero-order chi connectivity index (χ0) is 16.1. The van der Waals surface area contributed by atoms with Gasteiger partial charge in [-0.1, -0.05) is 6.58 Å². The molecule has 7 nitrogen and oxygen atoms in total. The van der Waals surface area contributed by atoms with Gasteiger partial charge in [-0.05, 0) is 6.08 Å². The molecule has 0 unspecified atom stereocenters. The summed E-state index contributed by atoms with van der Waals surface area (Å²) in [5, 5.41) is 25.9. The van der Waals surface area contributed by atoms with Crippen LogP contribution in [0.15, 0.2) is 12.7 Å². The molecule has 0 aliphatic heterocycles. The summed E-state index contributed by atoms with van der Waals surface area (Å²) in [6.07, 6.45) is 0.722. The normalized spacial score (nSPS) is 10.0. The average Bonchev–Trinajstić information content (AvgIpc) is 2.15. The van der Waals surface area contributed by atoms with Gasteiger partial charge in [0.15, 0.2) is 0 Å². The fourth-order valence-corrected chi connectivity index (χ4v) is 0.600. The standard InChI is InChI=1S/2C5H14NO.C3H4O2.H2O/c2*1-6(2,3)4-5-7;1-2-3(4)5;/h2*7H,4-5H2,1-3H3;2H,1H2,(H,4,5);1H2/q2*+1;;/p-2. The van der Waals surface area contributed by atoms with Gasteiger partial charge in [-0.15, -0.1) is 0 Å². The number of carbonyl (C=O) groups excluding carboxylic acids is 1. The number of aliphatic hydroxyl groups is 2. The molecule has 0 bridgehead atoms. The van der Waals surface area contributed by atoms with Gasteiger partial charge in [0.25, 0.3) is 0 Å². The Morgan fingerprint density at radius 1 is 1.00 bits per heavy atom. The molecule has 0 aromatic carbocycles. The Kier molecular flexibility index (Phi) is 19.7. The molecule has 0 spiro atoms. The van der Waals surface area contributed by atoms with E-state index in [0.717, 1.165) is 28.1 Å². The second-order valence-electron chi connectivity index (χ2n) is 6.00. The zero-order valence-corrected chi connectivity index (χ0v) is 13.7. The van der Waals surface area contributed by atoms with Crippen LogP contribution in [-0.4, -0.2) is 99.2 Å². The number of aliphatic hydroxyl groups excluding tert-OH is 2. The van der Waals surface area contributed by atoms with Crippen LogP contribution in [0.5, 0.6) is 0 Å². The molecule has 0 amide bonds. The Hall–Kier alpha value is -0.990. The van der Waals surface area contributed by atoms with Gasteiger partial charge in [-0.3, -0.25) is 0 Å². The van der Waals surface area contributed by atoms with Crippen molar-refractivity contribution in [1.82, 2.24) is 0 Å². The van der Waals surface area contributed by atoms with E-state index in [4.69, 9.17) is 20.1 Å². The Bertz CT molecular complexity index is 216. The van der Waals surface area contributed by atoms with Gasteiger partial charge in [0.05, 0.1) is 61.5 Å². The van der Waals surface area contributed by atoms with Crippen LogP contribution in [0.3, 0.4) is 0 Å². The summed E-state index contributed by atoms with van der Waals surface area (Å²) in [6, 6.07) is 0. The first-order chi connectivity index (χ1) is 8.39. The topological polar surface area (TPSA) is 111 Å². The molecule has 7 heteroatoms. The highest BCUT2D eigenvalue weighted by Crippen LogP contribution is 1.85. The van der Waals surface area contributed by atoms with Gasteiger partial charge in [-0.2, -0.15) is 0 Å². The number of likely N-dealkylation sites (N-methyl/N-ethyl adjacent to an activating group) is 2. The van der Waals surface area contributed by atoms with Crippen LogP contribution in [0.1, 0.15) is 0 Å². The van der Waals surface area contributed by atoms with Crippen molar-refractivity contribution in [2.75, 3.05) is 68.6 Å². The predicted octanol–water partition coefficient (Wildman–Crippen LogP) is -1.88.